The predicted octanol–water partition coefficient (Wildman–Crippen LogP) is 10.5. The van der Waals surface area contributed by atoms with Gasteiger partial charge < -0.3 is 0 Å². The molecule has 0 nitrogen and oxygen atoms in total. The van der Waals surface area contributed by atoms with E-state index in [0.29, 0.717) is 5.92 Å². The third kappa shape index (κ3) is 6.15. The Morgan fingerprint density at radius 2 is 1.35 bits per heavy atom. The zero-order valence-electron chi connectivity index (χ0n) is 20.5. The smallest absolute Gasteiger partial charge is 0.200 e. The van der Waals surface area contributed by atoms with Crippen LogP contribution in [0.1, 0.15) is 101 Å². The highest BCUT2D eigenvalue weighted by Crippen LogP contribution is 2.46. The van der Waals surface area contributed by atoms with Crippen LogP contribution in [0.3, 0.4) is 0 Å². The van der Waals surface area contributed by atoms with Crippen molar-refractivity contribution in [3.05, 3.63) is 65.7 Å². The Morgan fingerprint density at radius 3 is 1.97 bits per heavy atom. The van der Waals surface area contributed by atoms with Crippen LogP contribution in [0.4, 0.5) is 13.2 Å². The molecule has 2 aliphatic carbocycles. The van der Waals surface area contributed by atoms with Crippen LogP contribution < -0.4 is 0 Å². The first-order valence-corrected chi connectivity index (χ1v) is 13.5. The second kappa shape index (κ2) is 12.1. The topological polar surface area (TPSA) is 0 Å². The van der Waals surface area contributed by atoms with Crippen LogP contribution in [0.15, 0.2) is 54.6 Å². The molecule has 0 aromatic heterocycles. The first-order chi connectivity index (χ1) is 16.6. The van der Waals surface area contributed by atoms with Crippen molar-refractivity contribution in [3.63, 3.8) is 0 Å². The van der Waals surface area contributed by atoms with E-state index < -0.39 is 11.9 Å². The van der Waals surface area contributed by atoms with Gasteiger partial charge in [0.2, 0.25) is 0 Å². The van der Waals surface area contributed by atoms with Gasteiger partial charge in [0.05, 0.1) is 0 Å². The highest BCUT2D eigenvalue weighted by molar-refractivity contribution is 5.71. The summed E-state index contributed by atoms with van der Waals surface area (Å²) < 4.78 is 38.8. The van der Waals surface area contributed by atoms with Crippen LogP contribution in [0.5, 0.6) is 0 Å². The van der Waals surface area contributed by atoms with Gasteiger partial charge in [0.15, 0.2) is 5.83 Å². The monoisotopic (exact) mass is 468 g/mol. The van der Waals surface area contributed by atoms with Gasteiger partial charge in [0, 0.05) is 5.56 Å². The molecule has 2 aliphatic rings. The maximum Gasteiger partial charge on any atom is 0.306 e. The van der Waals surface area contributed by atoms with Gasteiger partial charge in [-0.15, -0.1) is 0 Å². The lowest BCUT2D eigenvalue weighted by Crippen LogP contribution is -2.25. The van der Waals surface area contributed by atoms with Crippen LogP contribution in [-0.2, 0) is 0 Å². The summed E-state index contributed by atoms with van der Waals surface area (Å²) in [6, 6.07) is 14.9. The SMILES string of the molecule is CCCCCC1CCC(C2CCC(c3ccccc3-c3ccc(C(F)=C(F)F)cc3)CC2)CC1. The Morgan fingerprint density at radius 1 is 0.735 bits per heavy atom. The van der Waals surface area contributed by atoms with E-state index >= 15 is 0 Å². The standard InChI is InChI=1S/C31H39F3/c1-2-3-4-7-22-10-12-23(13-11-22)24-14-16-25(17-15-24)28-8-5-6-9-29(28)26-18-20-27(21-19-26)30(32)31(33)34/h5-6,8-9,18-25H,2-4,7,10-17H2,1H3. The molecule has 0 spiro atoms. The summed E-state index contributed by atoms with van der Waals surface area (Å²) in [5, 5.41) is 0. The Bertz CT molecular complexity index is 925. The maximum atomic E-state index is 13.6. The van der Waals surface area contributed by atoms with E-state index in [2.05, 4.69) is 25.1 Å². The summed E-state index contributed by atoms with van der Waals surface area (Å²) >= 11 is 0. The molecule has 0 heterocycles. The number of hydrogen-bond acceptors (Lipinski definition) is 0. The minimum Gasteiger partial charge on any atom is -0.200 e. The molecule has 0 aliphatic heterocycles. The quantitative estimate of drug-likeness (QED) is 0.338. The highest BCUT2D eigenvalue weighted by atomic mass is 19.3. The molecule has 0 unspecified atom stereocenters. The Kier molecular flexibility index (Phi) is 8.92. The number of benzene rings is 2. The Labute approximate surface area is 203 Å². The fourth-order valence-corrected chi connectivity index (χ4v) is 6.55. The molecule has 3 heteroatoms. The average Bonchev–Trinajstić information content (AvgIpc) is 2.89. The van der Waals surface area contributed by atoms with Gasteiger partial charge in [-0.05, 0) is 78.9 Å². The molecule has 184 valence electrons. The van der Waals surface area contributed by atoms with Crippen LogP contribution >= 0.6 is 0 Å². The van der Waals surface area contributed by atoms with Crippen molar-refractivity contribution < 1.29 is 13.2 Å². The molecular formula is C31H39F3. The van der Waals surface area contributed by atoms with E-state index in [1.54, 1.807) is 12.1 Å². The van der Waals surface area contributed by atoms with Crippen molar-refractivity contribution in [2.45, 2.75) is 89.9 Å². The van der Waals surface area contributed by atoms with Crippen molar-refractivity contribution in [2.75, 3.05) is 0 Å². The third-order valence-corrected chi connectivity index (χ3v) is 8.56. The summed E-state index contributed by atoms with van der Waals surface area (Å²) in [6.07, 6.45) is 14.1. The van der Waals surface area contributed by atoms with E-state index in [4.69, 9.17) is 0 Å². The minimum atomic E-state index is -2.27. The Hall–Kier alpha value is -2.03. The number of rotatable bonds is 8. The van der Waals surface area contributed by atoms with Gasteiger partial charge in [-0.1, -0.05) is 94.0 Å². The van der Waals surface area contributed by atoms with E-state index in [-0.39, 0.29) is 5.56 Å². The first-order valence-electron chi connectivity index (χ1n) is 13.5. The van der Waals surface area contributed by atoms with Gasteiger partial charge in [-0.25, -0.2) is 4.39 Å². The average molecular weight is 469 g/mol. The molecule has 0 N–H and O–H groups in total. The molecule has 2 saturated carbocycles. The number of unbranched alkanes of at least 4 members (excludes halogenated alkanes) is 2. The van der Waals surface area contributed by atoms with Crippen molar-refractivity contribution >= 4 is 5.83 Å². The highest BCUT2D eigenvalue weighted by Gasteiger charge is 2.31. The van der Waals surface area contributed by atoms with Crippen LogP contribution in [0.2, 0.25) is 0 Å². The minimum absolute atomic E-state index is 0.0678. The number of halogens is 3. The summed E-state index contributed by atoms with van der Waals surface area (Å²) in [4.78, 5) is 0. The normalized spacial score (nSPS) is 25.2. The molecule has 0 atom stereocenters. The van der Waals surface area contributed by atoms with Crippen molar-refractivity contribution in [3.8, 4) is 11.1 Å². The predicted molar refractivity (Wildman–Crippen MR) is 136 cm³/mol. The molecule has 2 aromatic carbocycles. The van der Waals surface area contributed by atoms with Crippen molar-refractivity contribution in [1.82, 2.24) is 0 Å². The van der Waals surface area contributed by atoms with E-state index in [1.165, 1.54) is 94.7 Å². The summed E-state index contributed by atoms with van der Waals surface area (Å²) in [6.45, 7) is 2.29. The molecule has 0 amide bonds. The lowest BCUT2D eigenvalue weighted by atomic mass is 9.67. The van der Waals surface area contributed by atoms with E-state index in [1.807, 2.05) is 6.07 Å². The molecule has 4 rings (SSSR count). The van der Waals surface area contributed by atoms with Gasteiger partial charge in [0.25, 0.3) is 0 Å². The van der Waals surface area contributed by atoms with Gasteiger partial charge in [-0.2, -0.15) is 8.78 Å². The van der Waals surface area contributed by atoms with E-state index in [9.17, 15) is 13.2 Å². The second-order valence-corrected chi connectivity index (χ2v) is 10.6. The number of hydrogen-bond donors (Lipinski definition) is 0. The van der Waals surface area contributed by atoms with Crippen molar-refractivity contribution in [1.29, 1.82) is 0 Å². The maximum absolute atomic E-state index is 13.6. The van der Waals surface area contributed by atoms with Crippen LogP contribution in [-0.4, -0.2) is 0 Å². The fraction of sp³-hybridized carbons (Fsp3) is 0.548. The molecular weight excluding hydrogens is 429 g/mol. The molecule has 0 saturated heterocycles. The van der Waals surface area contributed by atoms with E-state index in [0.717, 1.165) is 28.9 Å². The van der Waals surface area contributed by atoms with Gasteiger partial charge in [0.1, 0.15) is 0 Å². The Balaban J connectivity index is 1.35. The molecule has 0 bridgehead atoms. The third-order valence-electron chi connectivity index (χ3n) is 8.56. The van der Waals surface area contributed by atoms with Crippen LogP contribution in [0.25, 0.3) is 17.0 Å². The lowest BCUT2D eigenvalue weighted by molar-refractivity contribution is 0.155. The summed E-state index contributed by atoms with van der Waals surface area (Å²) in [5.41, 5.74) is 3.40. The second-order valence-electron chi connectivity index (χ2n) is 10.6. The zero-order chi connectivity index (χ0) is 23.9. The van der Waals surface area contributed by atoms with Crippen molar-refractivity contribution in [2.24, 2.45) is 17.8 Å². The fourth-order valence-electron chi connectivity index (χ4n) is 6.55. The molecule has 2 fully saturated rings. The van der Waals surface area contributed by atoms with Gasteiger partial charge in [-0.3, -0.25) is 0 Å². The lowest BCUT2D eigenvalue weighted by Gasteiger charge is -2.38. The first kappa shape index (κ1) is 25.1. The molecule has 0 radical (unpaired) electrons. The largest absolute Gasteiger partial charge is 0.306 e. The zero-order valence-corrected chi connectivity index (χ0v) is 20.5. The summed E-state index contributed by atoms with van der Waals surface area (Å²) in [5.74, 6) is 1.88. The van der Waals surface area contributed by atoms with Crippen LogP contribution in [0, 0.1) is 17.8 Å². The molecule has 2 aromatic rings. The molecule has 34 heavy (non-hydrogen) atoms. The van der Waals surface area contributed by atoms with Gasteiger partial charge >= 0.3 is 6.08 Å². The summed E-state index contributed by atoms with van der Waals surface area (Å²) in [7, 11) is 0.